The molecule has 12 heavy (non-hydrogen) atoms. The monoisotopic (exact) mass is 182 g/mol. The SMILES string of the molecule is Cc1ccc(C(=O)Cl)c(C)c1C. The molecule has 0 saturated heterocycles. The van der Waals surface area contributed by atoms with Gasteiger partial charge in [0.1, 0.15) is 0 Å². The Morgan fingerprint density at radius 3 is 2.25 bits per heavy atom. The maximum Gasteiger partial charge on any atom is 0.252 e. The van der Waals surface area contributed by atoms with Crippen LogP contribution in [-0.2, 0) is 0 Å². The molecule has 0 saturated carbocycles. The van der Waals surface area contributed by atoms with Gasteiger partial charge in [-0.2, -0.15) is 0 Å². The molecule has 0 aliphatic carbocycles. The number of hydrogen-bond donors (Lipinski definition) is 0. The lowest BCUT2D eigenvalue weighted by atomic mass is 10.00. The zero-order chi connectivity index (χ0) is 9.30. The summed E-state index contributed by atoms with van der Waals surface area (Å²) >= 11 is 5.39. The van der Waals surface area contributed by atoms with Gasteiger partial charge < -0.3 is 0 Å². The summed E-state index contributed by atoms with van der Waals surface area (Å²) in [5, 5.41) is -0.379. The largest absolute Gasteiger partial charge is 0.276 e. The average Bonchev–Trinajstić information content (AvgIpc) is 2.00. The van der Waals surface area contributed by atoms with Gasteiger partial charge in [-0.1, -0.05) is 6.07 Å². The number of hydrogen-bond acceptors (Lipinski definition) is 1. The minimum Gasteiger partial charge on any atom is -0.276 e. The second-order valence-corrected chi connectivity index (χ2v) is 3.30. The Morgan fingerprint density at radius 2 is 1.75 bits per heavy atom. The highest BCUT2D eigenvalue weighted by molar-refractivity contribution is 6.67. The number of carbonyl (C=O) groups excluding carboxylic acids is 1. The molecule has 0 spiro atoms. The molecule has 0 heterocycles. The Kier molecular flexibility index (Phi) is 2.53. The van der Waals surface area contributed by atoms with Crippen LogP contribution in [-0.4, -0.2) is 5.24 Å². The van der Waals surface area contributed by atoms with Gasteiger partial charge in [0.15, 0.2) is 0 Å². The molecule has 0 aromatic heterocycles. The Hall–Kier alpha value is -0.820. The molecule has 0 amide bonds. The molecule has 0 radical (unpaired) electrons. The second-order valence-electron chi connectivity index (χ2n) is 2.95. The molecule has 0 aliphatic rings. The molecule has 1 nitrogen and oxygen atoms in total. The van der Waals surface area contributed by atoms with Crippen LogP contribution >= 0.6 is 11.6 Å². The fraction of sp³-hybridized carbons (Fsp3) is 0.300. The van der Waals surface area contributed by atoms with E-state index in [2.05, 4.69) is 0 Å². The molecule has 0 N–H and O–H groups in total. The van der Waals surface area contributed by atoms with Crippen LogP contribution in [0.25, 0.3) is 0 Å². The van der Waals surface area contributed by atoms with E-state index in [9.17, 15) is 4.79 Å². The average molecular weight is 183 g/mol. The van der Waals surface area contributed by atoms with Crippen molar-refractivity contribution in [3.8, 4) is 0 Å². The minimum atomic E-state index is -0.379. The lowest BCUT2D eigenvalue weighted by molar-refractivity contribution is 0.108. The van der Waals surface area contributed by atoms with E-state index in [1.165, 1.54) is 5.56 Å². The van der Waals surface area contributed by atoms with Gasteiger partial charge in [-0.3, -0.25) is 4.79 Å². The summed E-state index contributed by atoms with van der Waals surface area (Å²) in [7, 11) is 0. The van der Waals surface area contributed by atoms with Crippen LogP contribution in [0.15, 0.2) is 12.1 Å². The van der Waals surface area contributed by atoms with Gasteiger partial charge in [0.05, 0.1) is 0 Å². The predicted molar refractivity (Wildman–Crippen MR) is 50.8 cm³/mol. The summed E-state index contributed by atoms with van der Waals surface area (Å²) in [6.45, 7) is 5.93. The third-order valence-corrected chi connectivity index (χ3v) is 2.47. The molecule has 0 aliphatic heterocycles. The molecule has 0 unspecified atom stereocenters. The van der Waals surface area contributed by atoms with Crippen molar-refractivity contribution in [1.82, 2.24) is 0 Å². The van der Waals surface area contributed by atoms with Crippen molar-refractivity contribution >= 4 is 16.8 Å². The van der Waals surface area contributed by atoms with Crippen LogP contribution in [0.3, 0.4) is 0 Å². The van der Waals surface area contributed by atoms with Crippen molar-refractivity contribution < 1.29 is 4.79 Å². The molecule has 1 rings (SSSR count). The van der Waals surface area contributed by atoms with E-state index in [-0.39, 0.29) is 5.24 Å². The van der Waals surface area contributed by atoms with E-state index in [4.69, 9.17) is 11.6 Å². The molecule has 1 aromatic carbocycles. The summed E-state index contributed by atoms with van der Waals surface area (Å²) in [6, 6.07) is 3.69. The topological polar surface area (TPSA) is 17.1 Å². The number of carbonyl (C=O) groups is 1. The smallest absolute Gasteiger partial charge is 0.252 e. The molecular formula is C10H11ClO. The lowest BCUT2D eigenvalue weighted by Crippen LogP contribution is -1.97. The van der Waals surface area contributed by atoms with Crippen molar-refractivity contribution in [3.63, 3.8) is 0 Å². The van der Waals surface area contributed by atoms with E-state index in [0.717, 1.165) is 11.1 Å². The van der Waals surface area contributed by atoms with Crippen molar-refractivity contribution in [2.24, 2.45) is 0 Å². The Morgan fingerprint density at radius 1 is 1.17 bits per heavy atom. The van der Waals surface area contributed by atoms with Crippen LogP contribution in [0, 0.1) is 20.8 Å². The normalized spacial score (nSPS) is 10.0. The van der Waals surface area contributed by atoms with Gasteiger partial charge in [0, 0.05) is 5.56 Å². The van der Waals surface area contributed by atoms with Crippen molar-refractivity contribution in [2.45, 2.75) is 20.8 Å². The molecule has 0 atom stereocenters. The van der Waals surface area contributed by atoms with Crippen LogP contribution in [0.1, 0.15) is 27.0 Å². The molecule has 64 valence electrons. The Bertz CT molecular complexity index is 329. The molecule has 2 heteroatoms. The summed E-state index contributed by atoms with van der Waals surface area (Å²) in [5.74, 6) is 0. The van der Waals surface area contributed by atoms with Gasteiger partial charge in [0.25, 0.3) is 5.24 Å². The van der Waals surface area contributed by atoms with Gasteiger partial charge >= 0.3 is 0 Å². The lowest BCUT2D eigenvalue weighted by Gasteiger charge is -2.06. The summed E-state index contributed by atoms with van der Waals surface area (Å²) < 4.78 is 0. The third kappa shape index (κ3) is 1.51. The quantitative estimate of drug-likeness (QED) is 0.611. The van der Waals surface area contributed by atoms with Crippen LogP contribution in [0.4, 0.5) is 0 Å². The van der Waals surface area contributed by atoms with Crippen LogP contribution < -0.4 is 0 Å². The molecule has 0 fully saturated rings. The maximum absolute atomic E-state index is 10.9. The van der Waals surface area contributed by atoms with Gasteiger partial charge in [0.2, 0.25) is 0 Å². The number of benzene rings is 1. The van der Waals surface area contributed by atoms with E-state index >= 15 is 0 Å². The molecule has 0 bridgehead atoms. The van der Waals surface area contributed by atoms with Crippen LogP contribution in [0.5, 0.6) is 0 Å². The molecule has 1 aromatic rings. The predicted octanol–water partition coefficient (Wildman–Crippen LogP) is 2.99. The number of aryl methyl sites for hydroxylation is 1. The van der Waals surface area contributed by atoms with E-state index in [1.54, 1.807) is 6.07 Å². The third-order valence-electron chi connectivity index (χ3n) is 2.27. The highest BCUT2D eigenvalue weighted by Crippen LogP contribution is 2.18. The summed E-state index contributed by atoms with van der Waals surface area (Å²) in [4.78, 5) is 10.9. The van der Waals surface area contributed by atoms with Gasteiger partial charge in [-0.05, 0) is 55.1 Å². The first-order valence-corrected chi connectivity index (χ1v) is 4.18. The maximum atomic E-state index is 10.9. The van der Waals surface area contributed by atoms with E-state index in [1.807, 2.05) is 26.8 Å². The first kappa shape index (κ1) is 9.27. The van der Waals surface area contributed by atoms with Crippen molar-refractivity contribution in [3.05, 3.63) is 34.4 Å². The first-order valence-electron chi connectivity index (χ1n) is 3.80. The molecular weight excluding hydrogens is 172 g/mol. The van der Waals surface area contributed by atoms with E-state index < -0.39 is 0 Å². The fourth-order valence-electron chi connectivity index (χ4n) is 1.17. The van der Waals surface area contributed by atoms with Gasteiger partial charge in [-0.15, -0.1) is 0 Å². The van der Waals surface area contributed by atoms with Crippen LogP contribution in [0.2, 0.25) is 0 Å². The zero-order valence-corrected chi connectivity index (χ0v) is 8.20. The van der Waals surface area contributed by atoms with Gasteiger partial charge in [-0.25, -0.2) is 0 Å². The standard InChI is InChI=1S/C10H11ClO/c1-6-4-5-9(10(11)12)8(3)7(6)2/h4-5H,1-3H3. The minimum absolute atomic E-state index is 0.379. The highest BCUT2D eigenvalue weighted by Gasteiger charge is 2.08. The first-order chi connectivity index (χ1) is 5.54. The van der Waals surface area contributed by atoms with Crippen molar-refractivity contribution in [1.29, 1.82) is 0 Å². The van der Waals surface area contributed by atoms with E-state index in [0.29, 0.717) is 5.56 Å². The van der Waals surface area contributed by atoms with Crippen molar-refractivity contribution in [2.75, 3.05) is 0 Å². The Balaban J connectivity index is 3.36. The number of rotatable bonds is 1. The number of halogens is 1. The fourth-order valence-corrected chi connectivity index (χ4v) is 1.37. The second kappa shape index (κ2) is 3.28. The Labute approximate surface area is 77.4 Å². The summed E-state index contributed by atoms with van der Waals surface area (Å²) in [5.41, 5.74) is 3.92. The highest BCUT2D eigenvalue weighted by atomic mass is 35.5. The zero-order valence-electron chi connectivity index (χ0n) is 7.44. The summed E-state index contributed by atoms with van der Waals surface area (Å²) in [6.07, 6.45) is 0.